The van der Waals surface area contributed by atoms with E-state index < -0.39 is 0 Å². The van der Waals surface area contributed by atoms with Gasteiger partial charge in [0.25, 0.3) is 0 Å². The smallest absolute Gasteiger partial charge is 0.0634 e. The fourth-order valence-electron chi connectivity index (χ4n) is 1.12. The lowest BCUT2D eigenvalue weighted by molar-refractivity contribution is 1.47. The quantitative estimate of drug-likeness (QED) is 0.648. The van der Waals surface area contributed by atoms with E-state index in [9.17, 15) is 0 Å². The van der Waals surface area contributed by atoms with Crippen LogP contribution in [0.2, 0.25) is 0 Å². The number of nitrogens with zero attached hydrogens (tertiary/aromatic N) is 2. The molecule has 0 atom stereocenters. The molecule has 14 heavy (non-hydrogen) atoms. The third-order valence-electron chi connectivity index (χ3n) is 1.73. The molecule has 0 aliphatic heterocycles. The molecule has 0 saturated heterocycles. The average molecular weight is 186 g/mol. The molecular weight excluding hydrogens is 172 g/mol. The van der Waals surface area contributed by atoms with Gasteiger partial charge in [-0.05, 0) is 12.5 Å². The maximum Gasteiger partial charge on any atom is 0.0634 e. The van der Waals surface area contributed by atoms with Crippen LogP contribution in [0.25, 0.3) is 5.70 Å². The predicted octanol–water partition coefficient (Wildman–Crippen LogP) is 2.82. The number of rotatable bonds is 3. The molecule has 0 saturated carbocycles. The first-order chi connectivity index (χ1) is 6.74. The highest BCUT2D eigenvalue weighted by atomic mass is 14.8. The molecule has 2 heteroatoms. The summed E-state index contributed by atoms with van der Waals surface area (Å²) in [7, 11) is 1.73. The van der Waals surface area contributed by atoms with E-state index in [0.717, 1.165) is 17.0 Å². The van der Waals surface area contributed by atoms with Crippen LogP contribution in [0.15, 0.2) is 46.9 Å². The van der Waals surface area contributed by atoms with Gasteiger partial charge in [0.1, 0.15) is 0 Å². The number of benzene rings is 1. The minimum atomic E-state index is 0.767. The zero-order valence-corrected chi connectivity index (χ0v) is 8.57. The van der Waals surface area contributed by atoms with Crippen molar-refractivity contribution in [2.75, 3.05) is 7.05 Å². The lowest BCUT2D eigenvalue weighted by atomic mass is 10.2. The summed E-state index contributed by atoms with van der Waals surface area (Å²) in [6.45, 7) is 5.80. The molecule has 0 radical (unpaired) electrons. The van der Waals surface area contributed by atoms with Crippen LogP contribution in [-0.4, -0.2) is 19.0 Å². The Balaban J connectivity index is 2.83. The van der Waals surface area contributed by atoms with Crippen molar-refractivity contribution < 1.29 is 0 Å². The van der Waals surface area contributed by atoms with Gasteiger partial charge in [0.05, 0.1) is 11.4 Å². The molecule has 1 aromatic rings. The van der Waals surface area contributed by atoms with Gasteiger partial charge in [-0.25, -0.2) is 0 Å². The lowest BCUT2D eigenvalue weighted by Gasteiger charge is -1.99. The van der Waals surface area contributed by atoms with Crippen molar-refractivity contribution in [2.45, 2.75) is 6.92 Å². The summed E-state index contributed by atoms with van der Waals surface area (Å²) in [5.74, 6) is 0. The summed E-state index contributed by atoms with van der Waals surface area (Å²) in [4.78, 5) is 8.20. The lowest BCUT2D eigenvalue weighted by Crippen LogP contribution is -1.92. The van der Waals surface area contributed by atoms with Gasteiger partial charge in [0.2, 0.25) is 0 Å². The Hall–Kier alpha value is -1.70. The molecule has 0 unspecified atom stereocenters. The van der Waals surface area contributed by atoms with Crippen molar-refractivity contribution in [3.63, 3.8) is 0 Å². The van der Waals surface area contributed by atoms with Gasteiger partial charge in [-0.3, -0.25) is 9.98 Å². The van der Waals surface area contributed by atoms with Gasteiger partial charge >= 0.3 is 0 Å². The van der Waals surface area contributed by atoms with E-state index in [-0.39, 0.29) is 0 Å². The topological polar surface area (TPSA) is 24.7 Å². The highest BCUT2D eigenvalue weighted by Gasteiger charge is 1.94. The van der Waals surface area contributed by atoms with E-state index in [2.05, 4.69) is 16.6 Å². The number of hydrogen-bond donors (Lipinski definition) is 0. The Morgan fingerprint density at radius 1 is 1.29 bits per heavy atom. The molecule has 1 rings (SSSR count). The van der Waals surface area contributed by atoms with Gasteiger partial charge in [-0.1, -0.05) is 36.9 Å². The molecule has 0 fully saturated rings. The first-order valence-electron chi connectivity index (χ1n) is 4.46. The summed E-state index contributed by atoms with van der Waals surface area (Å²) in [5, 5.41) is 0. The van der Waals surface area contributed by atoms with Crippen LogP contribution in [0, 0.1) is 0 Å². The number of hydrogen-bond acceptors (Lipinski definition) is 2. The maximum atomic E-state index is 4.31. The highest BCUT2D eigenvalue weighted by molar-refractivity contribution is 6.30. The Labute approximate surface area is 84.7 Å². The average Bonchev–Trinajstić information content (AvgIpc) is 2.19. The van der Waals surface area contributed by atoms with Crippen molar-refractivity contribution in [3.05, 3.63) is 42.5 Å². The molecule has 0 spiro atoms. The monoisotopic (exact) mass is 186 g/mol. The van der Waals surface area contributed by atoms with Crippen LogP contribution < -0.4 is 0 Å². The van der Waals surface area contributed by atoms with Crippen LogP contribution in [0.5, 0.6) is 0 Å². The molecule has 0 aromatic heterocycles. The van der Waals surface area contributed by atoms with E-state index in [1.807, 2.05) is 37.3 Å². The Kier molecular flexibility index (Phi) is 3.80. The summed E-state index contributed by atoms with van der Waals surface area (Å²) in [5.41, 5.74) is 2.67. The highest BCUT2D eigenvalue weighted by Crippen LogP contribution is 2.12. The maximum absolute atomic E-state index is 4.31. The van der Waals surface area contributed by atoms with Gasteiger partial charge in [-0.15, -0.1) is 0 Å². The van der Waals surface area contributed by atoms with E-state index in [0.29, 0.717) is 0 Å². The van der Waals surface area contributed by atoms with Gasteiger partial charge in [0, 0.05) is 13.3 Å². The van der Waals surface area contributed by atoms with Gasteiger partial charge < -0.3 is 0 Å². The van der Waals surface area contributed by atoms with E-state index in [1.54, 1.807) is 13.3 Å². The molecule has 72 valence electrons. The molecule has 0 aliphatic carbocycles. The van der Waals surface area contributed by atoms with Crippen molar-refractivity contribution in [3.8, 4) is 0 Å². The Morgan fingerprint density at radius 2 is 1.93 bits per heavy atom. The normalized spacial score (nSPS) is 12.0. The zero-order valence-electron chi connectivity index (χ0n) is 8.57. The van der Waals surface area contributed by atoms with Crippen molar-refractivity contribution >= 4 is 17.6 Å². The minimum absolute atomic E-state index is 0.767. The fourth-order valence-corrected chi connectivity index (χ4v) is 1.12. The Bertz CT molecular complexity index is 361. The summed E-state index contributed by atoms with van der Waals surface area (Å²) in [6.07, 6.45) is 1.72. The SMILES string of the molecule is C=C(/N=C(C)\C=N/C)c1ccccc1. The van der Waals surface area contributed by atoms with Crippen LogP contribution in [0.4, 0.5) is 0 Å². The Morgan fingerprint density at radius 3 is 2.50 bits per heavy atom. The van der Waals surface area contributed by atoms with Crippen LogP contribution in [0.3, 0.4) is 0 Å². The summed E-state index contributed by atoms with van der Waals surface area (Å²) < 4.78 is 0. The zero-order chi connectivity index (χ0) is 10.4. The van der Waals surface area contributed by atoms with Crippen molar-refractivity contribution in [1.29, 1.82) is 0 Å². The standard InChI is InChI=1S/C12H14N2/c1-10(9-13-3)14-11(2)12-7-5-4-6-8-12/h4-9H,2H2,1,3H3/b13-9-,14-10-. The molecule has 0 amide bonds. The van der Waals surface area contributed by atoms with E-state index in [4.69, 9.17) is 0 Å². The summed E-state index contributed by atoms with van der Waals surface area (Å²) >= 11 is 0. The van der Waals surface area contributed by atoms with Crippen LogP contribution >= 0.6 is 0 Å². The largest absolute Gasteiger partial charge is 0.295 e. The van der Waals surface area contributed by atoms with E-state index in [1.165, 1.54) is 0 Å². The molecular formula is C12H14N2. The second kappa shape index (κ2) is 5.12. The molecule has 0 bridgehead atoms. The molecule has 2 nitrogen and oxygen atoms in total. The van der Waals surface area contributed by atoms with Crippen LogP contribution in [0.1, 0.15) is 12.5 Å². The van der Waals surface area contributed by atoms with Crippen LogP contribution in [-0.2, 0) is 0 Å². The first-order valence-corrected chi connectivity index (χ1v) is 4.46. The second-order valence-electron chi connectivity index (χ2n) is 2.95. The number of aliphatic imine (C=N–C) groups is 2. The third-order valence-corrected chi connectivity index (χ3v) is 1.73. The summed E-state index contributed by atoms with van der Waals surface area (Å²) in [6, 6.07) is 9.89. The molecule has 0 aliphatic rings. The molecule has 0 heterocycles. The van der Waals surface area contributed by atoms with Crippen molar-refractivity contribution in [2.24, 2.45) is 9.98 Å². The van der Waals surface area contributed by atoms with E-state index >= 15 is 0 Å². The van der Waals surface area contributed by atoms with Gasteiger partial charge in [-0.2, -0.15) is 0 Å². The predicted molar refractivity (Wildman–Crippen MR) is 63.0 cm³/mol. The fraction of sp³-hybridized carbons (Fsp3) is 0.167. The first kappa shape index (κ1) is 10.4. The second-order valence-corrected chi connectivity index (χ2v) is 2.95. The third kappa shape index (κ3) is 2.98. The van der Waals surface area contributed by atoms with Crippen molar-refractivity contribution in [1.82, 2.24) is 0 Å². The van der Waals surface area contributed by atoms with Gasteiger partial charge in [0.15, 0.2) is 0 Å². The molecule has 1 aromatic carbocycles. The minimum Gasteiger partial charge on any atom is -0.295 e. The molecule has 0 N–H and O–H groups in total.